The van der Waals surface area contributed by atoms with Gasteiger partial charge in [-0.15, -0.1) is 0 Å². The van der Waals surface area contributed by atoms with Gasteiger partial charge < -0.3 is 24.1 Å². The largest absolute Gasteiger partial charge is 3.00 e. The van der Waals surface area contributed by atoms with Gasteiger partial charge in [0.2, 0.25) is 0 Å². The molecule has 0 atom stereocenters. The fourth-order valence-electron chi connectivity index (χ4n) is 4.98. The van der Waals surface area contributed by atoms with Crippen molar-refractivity contribution in [3.05, 3.63) is 96.1 Å². The number of nitrogens with zero attached hydrogens (tertiary/aromatic N) is 3. The molecule has 0 aliphatic heterocycles. The molecule has 2 saturated carbocycles. The van der Waals surface area contributed by atoms with Crippen LogP contribution >= 0.6 is 0 Å². The van der Waals surface area contributed by atoms with Gasteiger partial charge in [0.1, 0.15) is 0 Å². The van der Waals surface area contributed by atoms with Crippen LogP contribution in [-0.4, -0.2) is 22.6 Å². The van der Waals surface area contributed by atoms with E-state index in [9.17, 15) is 4.79 Å². The molecule has 9 heteroatoms. The number of nitrogens with one attached hydrogen (secondary N) is 1. The van der Waals surface area contributed by atoms with Crippen molar-refractivity contribution < 1.29 is 31.0 Å². The third-order valence-electron chi connectivity index (χ3n) is 7.47. The van der Waals surface area contributed by atoms with Gasteiger partial charge in [-0.2, -0.15) is 15.3 Å². The summed E-state index contributed by atoms with van der Waals surface area (Å²) in [6.45, 7) is 3.70. The van der Waals surface area contributed by atoms with Crippen LogP contribution < -0.4 is 16.9 Å². The number of primary amides is 1. The Hall–Kier alpha value is -3.42. The predicted molar refractivity (Wildman–Crippen MR) is 190 cm³/mol. The maximum Gasteiger partial charge on any atom is 3.00 e. The molecule has 0 spiro atoms. The zero-order valence-corrected chi connectivity index (χ0v) is 29.7. The maximum atomic E-state index is 10.6. The first-order valence-electron chi connectivity index (χ1n) is 15.5. The molecule has 0 heterocycles. The number of amides is 2. The molecule has 2 fully saturated rings. The Labute approximate surface area is 292 Å². The molecule has 6 rings (SSSR count). The van der Waals surface area contributed by atoms with E-state index >= 15 is 0 Å². The molecule has 4 aromatic carbocycles. The molecule has 2 aliphatic rings. The van der Waals surface area contributed by atoms with E-state index in [1.165, 1.54) is 80.4 Å². The molecule has 0 aromatic heterocycles. The summed E-state index contributed by atoms with van der Waals surface area (Å²) in [4.78, 5) is 10.6. The number of carbonyl (C=O) groups excluding carboxylic acids is 1. The SMILES string of the molecule is C/C(=N\N=C(\N)[S-])c1ccc2ccccc2c1.C/C(=N\NC(N)=O)c1ccc2ccccc2c1.C1CCCC1.C1CCCC1.[Zr+3]. The molecule has 7 nitrogen and oxygen atoms in total. The molecule has 1 radical (unpaired) electrons. The predicted octanol–water partition coefficient (Wildman–Crippen LogP) is 8.56. The third kappa shape index (κ3) is 14.5. The van der Waals surface area contributed by atoms with E-state index in [0.29, 0.717) is 0 Å². The molecule has 0 saturated heterocycles. The van der Waals surface area contributed by atoms with Gasteiger partial charge in [0.15, 0.2) is 0 Å². The Morgan fingerprint density at radius 2 is 0.978 bits per heavy atom. The maximum absolute atomic E-state index is 10.6. The quantitative estimate of drug-likeness (QED) is 0.0857. The number of hydrogen-bond donors (Lipinski definition) is 3. The van der Waals surface area contributed by atoms with Crippen LogP contribution in [0.25, 0.3) is 21.5 Å². The minimum absolute atomic E-state index is 0. The van der Waals surface area contributed by atoms with Crippen molar-refractivity contribution in [3.8, 4) is 0 Å². The number of urea groups is 1. The number of amidine groups is 1. The first-order valence-corrected chi connectivity index (χ1v) is 15.9. The van der Waals surface area contributed by atoms with E-state index < -0.39 is 6.03 Å². The summed E-state index contributed by atoms with van der Waals surface area (Å²) >= 11 is 4.64. The van der Waals surface area contributed by atoms with Crippen LogP contribution in [0.15, 0.2) is 100 Å². The van der Waals surface area contributed by atoms with Crippen LogP contribution in [-0.2, 0) is 38.8 Å². The fourth-order valence-corrected chi connectivity index (χ4v) is 5.02. The van der Waals surface area contributed by atoms with Crippen molar-refractivity contribution >= 4 is 56.8 Å². The molecular formula is C36H45N6OSZr+2. The first kappa shape index (κ1) is 37.8. The Balaban J connectivity index is 0.000000235. The molecule has 2 amide bonds. The number of carbonyl (C=O) groups is 1. The second-order valence-corrected chi connectivity index (χ2v) is 11.4. The molecule has 5 N–H and O–H groups in total. The zero-order chi connectivity index (χ0) is 31.6. The average molecular weight is 701 g/mol. The van der Waals surface area contributed by atoms with Crippen molar-refractivity contribution in [2.75, 3.05) is 0 Å². The number of benzene rings is 4. The summed E-state index contributed by atoms with van der Waals surface area (Å²) in [5.74, 6) is 0. The van der Waals surface area contributed by atoms with E-state index in [1.54, 1.807) is 0 Å². The van der Waals surface area contributed by atoms with Crippen molar-refractivity contribution in [2.45, 2.75) is 78.1 Å². The molecule has 4 aromatic rings. The fraction of sp³-hybridized carbons (Fsp3) is 0.333. The van der Waals surface area contributed by atoms with Crippen LogP contribution in [0.2, 0.25) is 0 Å². The smallest absolute Gasteiger partial charge is 0.741 e. The monoisotopic (exact) mass is 699 g/mol. The van der Waals surface area contributed by atoms with Gasteiger partial charge in [-0.1, -0.05) is 137 Å². The van der Waals surface area contributed by atoms with Crippen molar-refractivity contribution in [1.82, 2.24) is 5.43 Å². The van der Waals surface area contributed by atoms with Gasteiger partial charge in [-0.25, -0.2) is 10.2 Å². The van der Waals surface area contributed by atoms with Gasteiger partial charge in [0.05, 0.1) is 11.4 Å². The third-order valence-corrected chi connectivity index (χ3v) is 7.55. The number of nitrogens with two attached hydrogens (primary N) is 2. The molecule has 2 aliphatic carbocycles. The Morgan fingerprint density at radius 1 is 0.600 bits per heavy atom. The topological polar surface area (TPSA) is 118 Å². The van der Waals surface area contributed by atoms with Gasteiger partial charge in [0, 0.05) is 0 Å². The van der Waals surface area contributed by atoms with E-state index in [0.717, 1.165) is 27.9 Å². The minimum Gasteiger partial charge on any atom is -0.741 e. The molecule has 0 bridgehead atoms. The van der Waals surface area contributed by atoms with Crippen molar-refractivity contribution in [2.24, 2.45) is 26.8 Å². The molecule has 233 valence electrons. The molecule has 45 heavy (non-hydrogen) atoms. The van der Waals surface area contributed by atoms with E-state index in [4.69, 9.17) is 11.5 Å². The average Bonchev–Trinajstić information content (AvgIpc) is 3.83. The van der Waals surface area contributed by atoms with E-state index in [2.05, 4.69) is 57.6 Å². The Morgan fingerprint density at radius 3 is 1.36 bits per heavy atom. The Bertz CT molecular complexity index is 1550. The normalized spacial score (nSPS) is 14.6. The van der Waals surface area contributed by atoms with Crippen molar-refractivity contribution in [1.29, 1.82) is 0 Å². The van der Waals surface area contributed by atoms with Crippen molar-refractivity contribution in [3.63, 3.8) is 0 Å². The number of hydrazone groups is 1. The second-order valence-electron chi connectivity index (χ2n) is 11.0. The second kappa shape index (κ2) is 21.3. The summed E-state index contributed by atoms with van der Waals surface area (Å²) < 4.78 is 0. The molecular weight excluding hydrogens is 656 g/mol. The summed E-state index contributed by atoms with van der Waals surface area (Å²) in [6.07, 6.45) is 15.0. The van der Waals surface area contributed by atoms with Crippen LogP contribution in [0.5, 0.6) is 0 Å². The van der Waals surface area contributed by atoms with Crippen LogP contribution in [0.4, 0.5) is 4.79 Å². The zero-order valence-electron chi connectivity index (χ0n) is 26.5. The van der Waals surface area contributed by atoms with E-state index in [1.807, 2.05) is 74.5 Å². The first-order chi connectivity index (χ1) is 21.3. The van der Waals surface area contributed by atoms with Gasteiger partial charge >= 0.3 is 32.2 Å². The van der Waals surface area contributed by atoms with E-state index in [-0.39, 0.29) is 31.4 Å². The summed E-state index contributed by atoms with van der Waals surface area (Å²) in [5, 5.41) is 16.3. The van der Waals surface area contributed by atoms with Crippen LogP contribution in [0.1, 0.15) is 89.2 Å². The number of hydrogen-bond acceptors (Lipinski definition) is 5. The summed E-state index contributed by atoms with van der Waals surface area (Å²) in [5.41, 5.74) is 15.9. The number of fused-ring (bicyclic) bond motifs is 2. The van der Waals surface area contributed by atoms with Crippen LogP contribution in [0, 0.1) is 0 Å². The summed E-state index contributed by atoms with van der Waals surface area (Å²) in [7, 11) is 0. The standard InChI is InChI=1S/C13H13N3O.C13H13N3S.2C5H10.Zr/c2*1-9(15-16-13(14)17)11-7-6-10-4-2-3-5-12(10)8-11;2*1-2-4-5-3-1;/h2*2-8H,1H3,(H3,14,16,17);2*1-5H2;/q;;;;+3/p-1/b2*15-9+;;;. The minimum atomic E-state index is -0.662. The van der Waals surface area contributed by atoms with Gasteiger partial charge in [-0.05, 0) is 63.8 Å². The number of rotatable bonds is 4. The van der Waals surface area contributed by atoms with Gasteiger partial charge in [0.25, 0.3) is 0 Å². The van der Waals surface area contributed by atoms with Crippen LogP contribution in [0.3, 0.4) is 0 Å². The molecule has 0 unspecified atom stereocenters. The summed E-state index contributed by atoms with van der Waals surface area (Å²) in [6, 6.07) is 27.7. The van der Waals surface area contributed by atoms with Gasteiger partial charge in [-0.3, -0.25) is 0 Å². The Kier molecular flexibility index (Phi) is 17.9.